The number of aliphatic hydroxyl groups is 1. The Bertz CT molecular complexity index is 584. The minimum atomic E-state index is -1.54. The molecule has 0 fully saturated rings. The van der Waals surface area contributed by atoms with Crippen LogP contribution < -0.4 is 0 Å². The van der Waals surface area contributed by atoms with E-state index in [9.17, 15) is 13.9 Å². The third kappa shape index (κ3) is 2.82. The van der Waals surface area contributed by atoms with Crippen molar-refractivity contribution in [1.29, 1.82) is 0 Å². The Labute approximate surface area is 119 Å². The van der Waals surface area contributed by atoms with Crippen molar-refractivity contribution in [2.75, 3.05) is 13.7 Å². The van der Waals surface area contributed by atoms with E-state index in [1.54, 1.807) is 0 Å². The molecule has 1 heterocycles. The number of hydrogen-bond acceptors (Lipinski definition) is 3. The molecule has 0 spiro atoms. The van der Waals surface area contributed by atoms with Crippen molar-refractivity contribution in [2.24, 2.45) is 0 Å². The Balaban J connectivity index is 2.43. The van der Waals surface area contributed by atoms with Gasteiger partial charge in [0.1, 0.15) is 17.7 Å². The van der Waals surface area contributed by atoms with Gasteiger partial charge in [-0.3, -0.25) is 4.68 Å². The molecule has 0 aliphatic rings. The molecule has 1 atom stereocenters. The van der Waals surface area contributed by atoms with Crippen molar-refractivity contribution < 1.29 is 18.6 Å². The molecule has 0 radical (unpaired) electrons. The molecular weight excluding hydrogens is 290 g/mol. The zero-order chi connectivity index (χ0) is 14.7. The van der Waals surface area contributed by atoms with Gasteiger partial charge in [0.15, 0.2) is 0 Å². The molecule has 2 aromatic rings. The Morgan fingerprint density at radius 2 is 2.05 bits per heavy atom. The van der Waals surface area contributed by atoms with Gasteiger partial charge in [0.25, 0.3) is 0 Å². The minimum Gasteiger partial charge on any atom is -0.383 e. The SMILES string of the molecule is COCCn1ncc(Cl)c1C(O)c1c(F)cccc1F. The highest BCUT2D eigenvalue weighted by molar-refractivity contribution is 6.31. The zero-order valence-electron chi connectivity index (χ0n) is 10.7. The summed E-state index contributed by atoms with van der Waals surface area (Å²) in [6.45, 7) is 0.642. The van der Waals surface area contributed by atoms with Crippen molar-refractivity contribution in [3.05, 3.63) is 52.3 Å². The van der Waals surface area contributed by atoms with E-state index in [1.165, 1.54) is 24.1 Å². The number of methoxy groups -OCH3 is 1. The van der Waals surface area contributed by atoms with Crippen LogP contribution in [-0.4, -0.2) is 28.6 Å². The first-order valence-corrected chi connectivity index (χ1v) is 6.26. The first-order valence-electron chi connectivity index (χ1n) is 5.88. The van der Waals surface area contributed by atoms with Gasteiger partial charge in [-0.25, -0.2) is 8.78 Å². The normalized spacial score (nSPS) is 12.7. The summed E-state index contributed by atoms with van der Waals surface area (Å²) in [5.41, 5.74) is -0.318. The number of hydrogen-bond donors (Lipinski definition) is 1. The molecule has 0 bridgehead atoms. The number of rotatable bonds is 5. The smallest absolute Gasteiger partial charge is 0.132 e. The Morgan fingerprint density at radius 1 is 1.40 bits per heavy atom. The van der Waals surface area contributed by atoms with E-state index in [2.05, 4.69) is 5.10 Å². The van der Waals surface area contributed by atoms with E-state index in [1.807, 2.05) is 0 Å². The molecular formula is C13H13ClF2N2O2. The molecule has 1 unspecified atom stereocenters. The Morgan fingerprint density at radius 3 is 2.65 bits per heavy atom. The number of ether oxygens (including phenoxy) is 1. The molecule has 4 nitrogen and oxygen atoms in total. The lowest BCUT2D eigenvalue weighted by Gasteiger charge is -2.15. The lowest BCUT2D eigenvalue weighted by Crippen LogP contribution is -2.15. The third-order valence-corrected chi connectivity index (χ3v) is 3.16. The third-order valence-electron chi connectivity index (χ3n) is 2.87. The van der Waals surface area contributed by atoms with Crippen molar-refractivity contribution in [2.45, 2.75) is 12.6 Å². The Hall–Kier alpha value is -1.50. The van der Waals surface area contributed by atoms with Crippen molar-refractivity contribution >= 4 is 11.6 Å². The summed E-state index contributed by atoms with van der Waals surface area (Å²) in [7, 11) is 1.51. The average molecular weight is 303 g/mol. The van der Waals surface area contributed by atoms with Gasteiger partial charge in [0.05, 0.1) is 35.6 Å². The summed E-state index contributed by atoms with van der Waals surface area (Å²) in [5, 5.41) is 14.3. The van der Waals surface area contributed by atoms with Crippen LogP contribution in [0.3, 0.4) is 0 Å². The van der Waals surface area contributed by atoms with Crippen molar-refractivity contribution in [3.8, 4) is 0 Å². The molecule has 1 aromatic heterocycles. The highest BCUT2D eigenvalue weighted by Gasteiger charge is 2.25. The molecule has 0 amide bonds. The molecule has 0 aliphatic carbocycles. The Kier molecular flexibility index (Phi) is 4.69. The molecule has 7 heteroatoms. The predicted molar refractivity (Wildman–Crippen MR) is 69.5 cm³/mol. The van der Waals surface area contributed by atoms with Crippen LogP contribution in [0.2, 0.25) is 5.02 Å². The fourth-order valence-electron chi connectivity index (χ4n) is 1.91. The summed E-state index contributed by atoms with van der Waals surface area (Å²) >= 11 is 5.94. The average Bonchev–Trinajstić information content (AvgIpc) is 2.77. The van der Waals surface area contributed by atoms with Crippen LogP contribution in [0, 0.1) is 11.6 Å². The first-order chi connectivity index (χ1) is 9.56. The van der Waals surface area contributed by atoms with Gasteiger partial charge in [-0.1, -0.05) is 17.7 Å². The topological polar surface area (TPSA) is 47.3 Å². The first kappa shape index (κ1) is 14.9. The lowest BCUT2D eigenvalue weighted by atomic mass is 10.1. The van der Waals surface area contributed by atoms with Gasteiger partial charge in [0.2, 0.25) is 0 Å². The number of halogens is 3. The summed E-state index contributed by atoms with van der Waals surface area (Å²) in [5.74, 6) is -1.68. The maximum atomic E-state index is 13.7. The standard InChI is InChI=1S/C13H13ClF2N2O2/c1-20-6-5-18-12(8(14)7-17-18)13(19)11-9(15)3-2-4-10(11)16/h2-4,7,13,19H,5-6H2,1H3. The van der Waals surface area contributed by atoms with Crippen LogP contribution >= 0.6 is 11.6 Å². The molecule has 0 saturated carbocycles. The van der Waals surface area contributed by atoms with Crippen LogP contribution in [0.15, 0.2) is 24.4 Å². The van der Waals surface area contributed by atoms with Gasteiger partial charge in [0, 0.05) is 7.11 Å². The van der Waals surface area contributed by atoms with Gasteiger partial charge in [-0.15, -0.1) is 0 Å². The largest absolute Gasteiger partial charge is 0.383 e. The molecule has 2 rings (SSSR count). The second kappa shape index (κ2) is 6.30. The van der Waals surface area contributed by atoms with Gasteiger partial charge in [-0.2, -0.15) is 5.10 Å². The zero-order valence-corrected chi connectivity index (χ0v) is 11.4. The van der Waals surface area contributed by atoms with Crippen LogP contribution in [-0.2, 0) is 11.3 Å². The molecule has 0 aliphatic heterocycles. The molecule has 1 N–H and O–H groups in total. The second-order valence-electron chi connectivity index (χ2n) is 4.13. The second-order valence-corrected chi connectivity index (χ2v) is 4.54. The van der Waals surface area contributed by atoms with Crippen LogP contribution in [0.25, 0.3) is 0 Å². The summed E-state index contributed by atoms with van der Waals surface area (Å²) in [6.07, 6.45) is -0.225. The number of nitrogens with zero attached hydrogens (tertiary/aromatic N) is 2. The number of aromatic nitrogens is 2. The van der Waals surface area contributed by atoms with E-state index in [4.69, 9.17) is 16.3 Å². The molecule has 20 heavy (non-hydrogen) atoms. The number of aliphatic hydroxyl groups excluding tert-OH is 1. The van der Waals surface area contributed by atoms with Crippen LogP contribution in [0.4, 0.5) is 8.78 Å². The maximum absolute atomic E-state index is 13.7. The maximum Gasteiger partial charge on any atom is 0.132 e. The lowest BCUT2D eigenvalue weighted by molar-refractivity contribution is 0.168. The van der Waals surface area contributed by atoms with E-state index in [0.29, 0.717) is 13.2 Å². The van der Waals surface area contributed by atoms with Gasteiger partial charge >= 0.3 is 0 Å². The summed E-state index contributed by atoms with van der Waals surface area (Å²) in [4.78, 5) is 0. The summed E-state index contributed by atoms with van der Waals surface area (Å²) in [6, 6.07) is 3.38. The summed E-state index contributed by atoms with van der Waals surface area (Å²) < 4.78 is 33.7. The fraction of sp³-hybridized carbons (Fsp3) is 0.308. The van der Waals surface area contributed by atoms with E-state index in [0.717, 1.165) is 12.1 Å². The monoisotopic (exact) mass is 302 g/mol. The molecule has 0 saturated heterocycles. The van der Waals surface area contributed by atoms with E-state index >= 15 is 0 Å². The predicted octanol–water partition coefficient (Wildman–Crippen LogP) is 2.54. The molecule has 108 valence electrons. The number of benzene rings is 1. The molecule has 1 aromatic carbocycles. The van der Waals surface area contributed by atoms with Gasteiger partial charge < -0.3 is 9.84 Å². The minimum absolute atomic E-state index is 0.132. The van der Waals surface area contributed by atoms with E-state index in [-0.39, 0.29) is 10.7 Å². The van der Waals surface area contributed by atoms with Crippen LogP contribution in [0.1, 0.15) is 17.4 Å². The van der Waals surface area contributed by atoms with Gasteiger partial charge in [-0.05, 0) is 12.1 Å². The highest BCUT2D eigenvalue weighted by Crippen LogP contribution is 2.31. The van der Waals surface area contributed by atoms with Crippen LogP contribution in [0.5, 0.6) is 0 Å². The van der Waals surface area contributed by atoms with Crippen molar-refractivity contribution in [3.63, 3.8) is 0 Å². The van der Waals surface area contributed by atoms with E-state index < -0.39 is 23.3 Å². The quantitative estimate of drug-likeness (QED) is 0.923. The van der Waals surface area contributed by atoms with Crippen molar-refractivity contribution in [1.82, 2.24) is 9.78 Å². The fourth-order valence-corrected chi connectivity index (χ4v) is 2.15. The highest BCUT2D eigenvalue weighted by atomic mass is 35.5.